The Kier molecular flexibility index (Phi) is 2.56. The van der Waals surface area contributed by atoms with Crippen molar-refractivity contribution < 1.29 is 9.90 Å². The lowest BCUT2D eigenvalue weighted by Crippen LogP contribution is -2.45. The molecule has 0 amide bonds. The zero-order valence-electron chi connectivity index (χ0n) is 7.82. The van der Waals surface area contributed by atoms with Gasteiger partial charge in [-0.25, -0.2) is 0 Å². The number of carboxylic acids is 1. The molecule has 2 heterocycles. The van der Waals surface area contributed by atoms with Crippen LogP contribution >= 0.6 is 11.3 Å². The Hall–Kier alpha value is -0.870. The van der Waals surface area contributed by atoms with E-state index < -0.39 is 11.4 Å². The Balaban J connectivity index is 2.35. The van der Waals surface area contributed by atoms with Gasteiger partial charge in [0.1, 0.15) is 5.41 Å². The van der Waals surface area contributed by atoms with E-state index in [1.165, 1.54) is 0 Å². The van der Waals surface area contributed by atoms with Gasteiger partial charge >= 0.3 is 5.97 Å². The molecule has 1 aromatic rings. The summed E-state index contributed by atoms with van der Waals surface area (Å²) >= 11 is 1.55. The third-order valence-corrected chi connectivity index (χ3v) is 3.93. The molecule has 2 rings (SSSR count). The topological polar surface area (TPSA) is 49.3 Å². The highest BCUT2D eigenvalue weighted by atomic mass is 32.1. The molecule has 1 aliphatic heterocycles. The van der Waals surface area contributed by atoms with Crippen LogP contribution in [0.4, 0.5) is 0 Å². The van der Waals surface area contributed by atoms with Gasteiger partial charge in [-0.3, -0.25) is 4.79 Å². The summed E-state index contributed by atoms with van der Waals surface area (Å²) in [5.74, 6) is -0.679. The minimum atomic E-state index is -0.679. The largest absolute Gasteiger partial charge is 0.481 e. The van der Waals surface area contributed by atoms with E-state index in [4.69, 9.17) is 0 Å². The van der Waals surface area contributed by atoms with Gasteiger partial charge in [0.25, 0.3) is 0 Å². The molecule has 0 aliphatic carbocycles. The third-order valence-electron chi connectivity index (χ3n) is 2.86. The average molecular weight is 211 g/mol. The van der Waals surface area contributed by atoms with E-state index in [9.17, 15) is 9.90 Å². The monoisotopic (exact) mass is 211 g/mol. The van der Waals surface area contributed by atoms with Gasteiger partial charge in [0.15, 0.2) is 0 Å². The van der Waals surface area contributed by atoms with Crippen LogP contribution in [0, 0.1) is 0 Å². The van der Waals surface area contributed by atoms with Crippen LogP contribution in [0.15, 0.2) is 17.5 Å². The first-order valence-corrected chi connectivity index (χ1v) is 5.62. The van der Waals surface area contributed by atoms with Crippen molar-refractivity contribution in [3.63, 3.8) is 0 Å². The molecule has 4 heteroatoms. The van der Waals surface area contributed by atoms with E-state index >= 15 is 0 Å². The predicted molar refractivity (Wildman–Crippen MR) is 55.7 cm³/mol. The number of rotatable bonds is 2. The quantitative estimate of drug-likeness (QED) is 0.778. The molecular weight excluding hydrogens is 198 g/mol. The molecule has 1 aromatic heterocycles. The molecule has 0 aromatic carbocycles. The zero-order chi connectivity index (χ0) is 10.0. The number of piperidine rings is 1. The molecule has 14 heavy (non-hydrogen) atoms. The molecule has 0 unspecified atom stereocenters. The fourth-order valence-electron chi connectivity index (χ4n) is 1.97. The molecule has 0 saturated carbocycles. The van der Waals surface area contributed by atoms with E-state index in [2.05, 4.69) is 5.32 Å². The molecule has 0 atom stereocenters. The number of hydrogen-bond donors (Lipinski definition) is 2. The number of hydrogen-bond acceptors (Lipinski definition) is 3. The number of thiophene rings is 1. The summed E-state index contributed by atoms with van der Waals surface area (Å²) in [5.41, 5.74) is -0.626. The lowest BCUT2D eigenvalue weighted by Gasteiger charge is -2.32. The van der Waals surface area contributed by atoms with E-state index in [0.717, 1.165) is 18.0 Å². The molecule has 2 N–H and O–H groups in total. The first-order valence-electron chi connectivity index (χ1n) is 4.74. The highest BCUT2D eigenvalue weighted by Gasteiger charge is 2.42. The highest BCUT2D eigenvalue weighted by molar-refractivity contribution is 7.10. The Morgan fingerprint density at radius 3 is 2.71 bits per heavy atom. The fraction of sp³-hybridized carbons (Fsp3) is 0.500. The molecule has 76 valence electrons. The summed E-state index contributed by atoms with van der Waals surface area (Å²) in [6.45, 7) is 1.59. The lowest BCUT2D eigenvalue weighted by atomic mass is 9.78. The second-order valence-corrected chi connectivity index (χ2v) is 4.56. The minimum absolute atomic E-state index is 0.626. The molecular formula is C10H13NO2S. The zero-order valence-corrected chi connectivity index (χ0v) is 8.64. The number of aliphatic carboxylic acids is 1. The molecule has 0 radical (unpaired) electrons. The molecule has 0 spiro atoms. The van der Waals surface area contributed by atoms with Gasteiger partial charge < -0.3 is 10.4 Å². The van der Waals surface area contributed by atoms with Crippen molar-refractivity contribution in [2.45, 2.75) is 18.3 Å². The second kappa shape index (κ2) is 3.71. The van der Waals surface area contributed by atoms with Gasteiger partial charge in [0, 0.05) is 4.88 Å². The Morgan fingerprint density at radius 1 is 1.50 bits per heavy atom. The normalized spacial score (nSPS) is 20.6. The van der Waals surface area contributed by atoms with Crippen LogP contribution in [0.3, 0.4) is 0 Å². The van der Waals surface area contributed by atoms with Crippen molar-refractivity contribution in [2.75, 3.05) is 13.1 Å². The van der Waals surface area contributed by atoms with Crippen molar-refractivity contribution in [1.29, 1.82) is 0 Å². The number of carbonyl (C=O) groups is 1. The van der Waals surface area contributed by atoms with Crippen LogP contribution in [0.25, 0.3) is 0 Å². The maximum absolute atomic E-state index is 11.4. The standard InChI is InChI=1S/C10H13NO2S/c12-9(13)10(3-5-11-6-4-10)8-2-1-7-14-8/h1-2,7,11H,3-6H2,(H,12,13). The van der Waals surface area contributed by atoms with Crippen molar-refractivity contribution in [3.8, 4) is 0 Å². The molecule has 1 fully saturated rings. The average Bonchev–Trinajstić information content (AvgIpc) is 2.72. The summed E-state index contributed by atoms with van der Waals surface area (Å²) in [4.78, 5) is 12.3. The Labute approximate surface area is 86.8 Å². The van der Waals surface area contributed by atoms with Gasteiger partial charge in [-0.2, -0.15) is 0 Å². The predicted octanol–water partition coefficient (Wildman–Crippen LogP) is 1.45. The van der Waals surface area contributed by atoms with Crippen LogP contribution in [0.5, 0.6) is 0 Å². The van der Waals surface area contributed by atoms with Crippen molar-refractivity contribution in [3.05, 3.63) is 22.4 Å². The van der Waals surface area contributed by atoms with Crippen LogP contribution < -0.4 is 5.32 Å². The molecule has 3 nitrogen and oxygen atoms in total. The van der Waals surface area contributed by atoms with Crippen LogP contribution in [-0.2, 0) is 10.2 Å². The summed E-state index contributed by atoms with van der Waals surface area (Å²) in [5, 5.41) is 14.5. The first kappa shape index (κ1) is 9.68. The number of nitrogens with one attached hydrogen (secondary N) is 1. The molecule has 1 saturated heterocycles. The summed E-state index contributed by atoms with van der Waals surface area (Å²) in [6, 6.07) is 3.86. The van der Waals surface area contributed by atoms with Crippen molar-refractivity contribution in [2.24, 2.45) is 0 Å². The van der Waals surface area contributed by atoms with E-state index in [-0.39, 0.29) is 0 Å². The van der Waals surface area contributed by atoms with Gasteiger partial charge in [0.2, 0.25) is 0 Å². The van der Waals surface area contributed by atoms with Crippen molar-refractivity contribution in [1.82, 2.24) is 5.32 Å². The fourth-order valence-corrected chi connectivity index (χ4v) is 2.95. The van der Waals surface area contributed by atoms with Crippen molar-refractivity contribution >= 4 is 17.3 Å². The highest BCUT2D eigenvalue weighted by Crippen LogP contribution is 2.36. The van der Waals surface area contributed by atoms with E-state index in [0.29, 0.717) is 12.8 Å². The molecule has 1 aliphatic rings. The summed E-state index contributed by atoms with van der Waals surface area (Å²) in [6.07, 6.45) is 1.39. The Morgan fingerprint density at radius 2 is 2.21 bits per heavy atom. The van der Waals surface area contributed by atoms with Gasteiger partial charge in [0.05, 0.1) is 0 Å². The SMILES string of the molecule is O=C(O)C1(c2cccs2)CCNCC1. The molecule has 0 bridgehead atoms. The summed E-state index contributed by atoms with van der Waals surface area (Å²) < 4.78 is 0. The minimum Gasteiger partial charge on any atom is -0.481 e. The Bertz CT molecular complexity index is 315. The van der Waals surface area contributed by atoms with Gasteiger partial charge in [-0.05, 0) is 37.4 Å². The van der Waals surface area contributed by atoms with E-state index in [1.807, 2.05) is 17.5 Å². The van der Waals surface area contributed by atoms with Gasteiger partial charge in [-0.15, -0.1) is 11.3 Å². The second-order valence-electron chi connectivity index (χ2n) is 3.61. The lowest BCUT2D eigenvalue weighted by molar-refractivity contribution is -0.144. The van der Waals surface area contributed by atoms with Crippen LogP contribution in [0.2, 0.25) is 0 Å². The summed E-state index contributed by atoms with van der Waals surface area (Å²) in [7, 11) is 0. The smallest absolute Gasteiger partial charge is 0.315 e. The third kappa shape index (κ3) is 1.44. The van der Waals surface area contributed by atoms with Crippen LogP contribution in [-0.4, -0.2) is 24.2 Å². The van der Waals surface area contributed by atoms with E-state index in [1.54, 1.807) is 11.3 Å². The maximum Gasteiger partial charge on any atom is 0.315 e. The van der Waals surface area contributed by atoms with Crippen LogP contribution in [0.1, 0.15) is 17.7 Å². The number of carboxylic acid groups (broad SMARTS) is 1. The first-order chi connectivity index (χ1) is 6.76. The van der Waals surface area contributed by atoms with Gasteiger partial charge in [-0.1, -0.05) is 6.07 Å². The maximum atomic E-state index is 11.4.